The zero-order chi connectivity index (χ0) is 14.8. The highest BCUT2D eigenvalue weighted by atomic mass is 16.5. The van der Waals surface area contributed by atoms with Crippen LogP contribution in [-0.4, -0.2) is 17.3 Å². The molecule has 0 aromatic heterocycles. The molecule has 2 nitrogen and oxygen atoms in total. The highest BCUT2D eigenvalue weighted by Gasteiger charge is 2.39. The average molecular weight is 274 g/mol. The van der Waals surface area contributed by atoms with Crippen molar-refractivity contribution in [2.45, 2.75) is 57.7 Å². The lowest BCUT2D eigenvalue weighted by Crippen LogP contribution is -2.35. The molecule has 2 heteroatoms. The van der Waals surface area contributed by atoms with E-state index in [1.807, 2.05) is 13.0 Å². The molecule has 1 aliphatic rings. The third kappa shape index (κ3) is 3.31. The van der Waals surface area contributed by atoms with Crippen LogP contribution in [0.1, 0.15) is 57.6 Å². The van der Waals surface area contributed by atoms with Gasteiger partial charge in [0.05, 0.1) is 17.8 Å². The molecule has 0 spiro atoms. The van der Waals surface area contributed by atoms with Crippen LogP contribution in [0, 0.1) is 0 Å². The third-order valence-corrected chi connectivity index (χ3v) is 3.99. The van der Waals surface area contributed by atoms with Crippen molar-refractivity contribution >= 4 is 5.57 Å². The molecular weight excluding hydrogens is 248 g/mol. The minimum absolute atomic E-state index is 0.254. The summed E-state index contributed by atoms with van der Waals surface area (Å²) in [6.45, 7) is 10.1. The Labute approximate surface area is 122 Å². The van der Waals surface area contributed by atoms with Crippen molar-refractivity contribution in [3.05, 3.63) is 42.0 Å². The van der Waals surface area contributed by atoms with Crippen LogP contribution in [0.2, 0.25) is 0 Å². The van der Waals surface area contributed by atoms with E-state index in [0.717, 1.165) is 18.4 Å². The second-order valence-electron chi connectivity index (χ2n) is 6.63. The minimum atomic E-state index is -0.798. The molecule has 0 unspecified atom stereocenters. The van der Waals surface area contributed by atoms with Crippen molar-refractivity contribution in [2.75, 3.05) is 6.61 Å². The molecule has 0 aliphatic heterocycles. The number of rotatable bonds is 5. The minimum Gasteiger partial charge on any atom is -0.388 e. The average Bonchev–Trinajstić information content (AvgIpc) is 2.85. The van der Waals surface area contributed by atoms with Crippen molar-refractivity contribution in [3.63, 3.8) is 0 Å². The Morgan fingerprint density at radius 3 is 2.45 bits per heavy atom. The summed E-state index contributed by atoms with van der Waals surface area (Å²) in [5.74, 6) is 0. The highest BCUT2D eigenvalue weighted by molar-refractivity contribution is 5.65. The van der Waals surface area contributed by atoms with Crippen LogP contribution in [0.3, 0.4) is 0 Å². The van der Waals surface area contributed by atoms with Crippen LogP contribution in [0.25, 0.3) is 5.57 Å². The fraction of sp³-hybridized carbons (Fsp3) is 0.556. The van der Waals surface area contributed by atoms with Crippen LogP contribution >= 0.6 is 0 Å². The second-order valence-corrected chi connectivity index (χ2v) is 6.63. The normalized spacial score (nSPS) is 18.2. The third-order valence-electron chi connectivity index (χ3n) is 3.99. The molecule has 0 radical (unpaired) electrons. The quantitative estimate of drug-likeness (QED) is 0.868. The Morgan fingerprint density at radius 1 is 1.30 bits per heavy atom. The van der Waals surface area contributed by atoms with Crippen molar-refractivity contribution in [1.82, 2.24) is 0 Å². The monoisotopic (exact) mass is 274 g/mol. The van der Waals surface area contributed by atoms with Crippen molar-refractivity contribution < 1.29 is 9.84 Å². The second kappa shape index (κ2) is 5.71. The summed E-state index contributed by atoms with van der Waals surface area (Å²) in [6, 6.07) is 8.38. The standard InChI is InChI=1S/C18H26O2/c1-14(2)15-9-5-6-10-16(15)18(11-7-8-12-18)20-13-17(3,4)19/h5-6,9-10,19H,1,7-8,11-13H2,2-4H3. The lowest BCUT2D eigenvalue weighted by Gasteiger charge is -2.34. The topological polar surface area (TPSA) is 29.5 Å². The Morgan fingerprint density at radius 2 is 1.90 bits per heavy atom. The van der Waals surface area contributed by atoms with Crippen LogP contribution in [0.4, 0.5) is 0 Å². The van der Waals surface area contributed by atoms with Gasteiger partial charge in [0, 0.05) is 0 Å². The first kappa shape index (κ1) is 15.3. The summed E-state index contributed by atoms with van der Waals surface area (Å²) in [5.41, 5.74) is 2.43. The smallest absolute Gasteiger partial charge is 0.0938 e. The van der Waals surface area contributed by atoms with Gasteiger partial charge in [-0.3, -0.25) is 0 Å². The van der Waals surface area contributed by atoms with Gasteiger partial charge in [0.2, 0.25) is 0 Å². The molecule has 1 saturated carbocycles. The van der Waals surface area contributed by atoms with E-state index in [-0.39, 0.29) is 5.60 Å². The van der Waals surface area contributed by atoms with Gasteiger partial charge in [0.1, 0.15) is 0 Å². The van der Waals surface area contributed by atoms with Crippen LogP contribution in [-0.2, 0) is 10.3 Å². The van der Waals surface area contributed by atoms with E-state index >= 15 is 0 Å². The van der Waals surface area contributed by atoms with Gasteiger partial charge in [-0.1, -0.05) is 49.3 Å². The van der Waals surface area contributed by atoms with Crippen molar-refractivity contribution in [3.8, 4) is 0 Å². The summed E-state index contributed by atoms with van der Waals surface area (Å²) in [5, 5.41) is 9.98. The van der Waals surface area contributed by atoms with E-state index in [1.165, 1.54) is 24.0 Å². The van der Waals surface area contributed by atoms with Crippen LogP contribution in [0.15, 0.2) is 30.8 Å². The SMILES string of the molecule is C=C(C)c1ccccc1C1(OCC(C)(C)O)CCCC1. The lowest BCUT2D eigenvalue weighted by molar-refractivity contribution is -0.109. The van der Waals surface area contributed by atoms with Crippen molar-refractivity contribution in [1.29, 1.82) is 0 Å². The Kier molecular flexibility index (Phi) is 4.36. The Balaban J connectivity index is 2.36. The van der Waals surface area contributed by atoms with Gasteiger partial charge in [0.25, 0.3) is 0 Å². The van der Waals surface area contributed by atoms with E-state index in [0.29, 0.717) is 6.61 Å². The molecule has 1 N–H and O–H groups in total. The van der Waals surface area contributed by atoms with Gasteiger partial charge >= 0.3 is 0 Å². The van der Waals surface area contributed by atoms with Crippen LogP contribution in [0.5, 0.6) is 0 Å². The molecule has 1 fully saturated rings. The summed E-state index contributed by atoms with van der Waals surface area (Å²) >= 11 is 0. The van der Waals surface area contributed by atoms with Gasteiger partial charge < -0.3 is 9.84 Å². The van der Waals surface area contributed by atoms with Gasteiger partial charge in [0.15, 0.2) is 0 Å². The van der Waals surface area contributed by atoms with Gasteiger partial charge in [-0.15, -0.1) is 0 Å². The van der Waals surface area contributed by atoms with E-state index in [4.69, 9.17) is 4.74 Å². The first-order valence-corrected chi connectivity index (χ1v) is 7.46. The Bertz CT molecular complexity index is 476. The van der Waals surface area contributed by atoms with Gasteiger partial charge in [-0.05, 0) is 44.7 Å². The number of allylic oxidation sites excluding steroid dienone is 1. The van der Waals surface area contributed by atoms with Gasteiger partial charge in [-0.25, -0.2) is 0 Å². The molecule has 0 amide bonds. The summed E-state index contributed by atoms with van der Waals surface area (Å²) in [6.07, 6.45) is 4.40. The highest BCUT2D eigenvalue weighted by Crippen LogP contribution is 2.44. The maximum atomic E-state index is 9.98. The molecule has 20 heavy (non-hydrogen) atoms. The fourth-order valence-corrected chi connectivity index (χ4v) is 3.00. The molecule has 0 bridgehead atoms. The number of aliphatic hydroxyl groups is 1. The predicted octanol–water partition coefficient (Wildman–Crippen LogP) is 4.28. The van der Waals surface area contributed by atoms with Crippen LogP contribution < -0.4 is 0 Å². The number of hydrogen-bond donors (Lipinski definition) is 1. The number of benzene rings is 1. The summed E-state index contributed by atoms with van der Waals surface area (Å²) in [7, 11) is 0. The first-order chi connectivity index (χ1) is 9.34. The maximum absolute atomic E-state index is 9.98. The molecule has 1 aromatic carbocycles. The fourth-order valence-electron chi connectivity index (χ4n) is 3.00. The largest absolute Gasteiger partial charge is 0.388 e. The van der Waals surface area contributed by atoms with E-state index < -0.39 is 5.60 Å². The van der Waals surface area contributed by atoms with E-state index in [2.05, 4.69) is 24.8 Å². The molecule has 110 valence electrons. The van der Waals surface area contributed by atoms with Gasteiger partial charge in [-0.2, -0.15) is 0 Å². The van der Waals surface area contributed by atoms with E-state index in [1.54, 1.807) is 13.8 Å². The molecule has 2 rings (SSSR count). The molecule has 0 heterocycles. The summed E-state index contributed by atoms with van der Waals surface area (Å²) in [4.78, 5) is 0. The summed E-state index contributed by atoms with van der Waals surface area (Å²) < 4.78 is 6.24. The molecular formula is C18H26O2. The van der Waals surface area contributed by atoms with Crippen molar-refractivity contribution in [2.24, 2.45) is 0 Å². The number of hydrogen-bond acceptors (Lipinski definition) is 2. The zero-order valence-corrected chi connectivity index (χ0v) is 12.9. The predicted molar refractivity (Wildman–Crippen MR) is 83.5 cm³/mol. The molecule has 1 aliphatic carbocycles. The van der Waals surface area contributed by atoms with E-state index in [9.17, 15) is 5.11 Å². The Hall–Kier alpha value is -1.12. The number of ether oxygens (including phenoxy) is 1. The maximum Gasteiger partial charge on any atom is 0.0938 e. The molecule has 0 saturated heterocycles. The first-order valence-electron chi connectivity index (χ1n) is 7.46. The lowest BCUT2D eigenvalue weighted by atomic mass is 9.86. The molecule has 1 aromatic rings. The zero-order valence-electron chi connectivity index (χ0n) is 12.9. The molecule has 0 atom stereocenters.